The van der Waals surface area contributed by atoms with Crippen LogP contribution in [0.5, 0.6) is 5.75 Å². The number of aromatic carboxylic acids is 1. The Bertz CT molecular complexity index is 664. The standard InChI is InChI=1S/C12H10N2O6/c1-7-8(11(12(15)16)13-20-7)6-19-10-5-3-2-4-9(10)14(17)18/h2-5H,6H2,1H3,(H,15,16). The van der Waals surface area contributed by atoms with Crippen LogP contribution < -0.4 is 4.74 Å². The van der Waals surface area contributed by atoms with Crippen molar-refractivity contribution in [3.05, 3.63) is 51.4 Å². The average Bonchev–Trinajstić information content (AvgIpc) is 2.78. The van der Waals surface area contributed by atoms with Crippen LogP contribution in [0.1, 0.15) is 21.8 Å². The van der Waals surface area contributed by atoms with E-state index in [1.807, 2.05) is 0 Å². The topological polar surface area (TPSA) is 116 Å². The Labute approximate surface area is 112 Å². The number of hydrogen-bond donors (Lipinski definition) is 1. The van der Waals surface area contributed by atoms with E-state index in [1.165, 1.54) is 25.1 Å². The molecule has 0 atom stereocenters. The van der Waals surface area contributed by atoms with Gasteiger partial charge in [0.1, 0.15) is 12.4 Å². The predicted molar refractivity (Wildman–Crippen MR) is 65.6 cm³/mol. The molecular weight excluding hydrogens is 268 g/mol. The van der Waals surface area contributed by atoms with Gasteiger partial charge in [0.25, 0.3) is 0 Å². The van der Waals surface area contributed by atoms with Crippen molar-refractivity contribution in [2.45, 2.75) is 13.5 Å². The number of nitro benzene ring substituents is 1. The van der Waals surface area contributed by atoms with E-state index in [1.54, 1.807) is 6.07 Å². The van der Waals surface area contributed by atoms with Crippen molar-refractivity contribution in [3.8, 4) is 5.75 Å². The maximum Gasteiger partial charge on any atom is 0.358 e. The molecule has 1 aromatic carbocycles. The van der Waals surface area contributed by atoms with Gasteiger partial charge in [-0.25, -0.2) is 4.79 Å². The number of para-hydroxylation sites is 2. The van der Waals surface area contributed by atoms with Crippen molar-refractivity contribution in [2.75, 3.05) is 0 Å². The quantitative estimate of drug-likeness (QED) is 0.658. The van der Waals surface area contributed by atoms with E-state index in [0.717, 1.165) is 0 Å². The van der Waals surface area contributed by atoms with Crippen molar-refractivity contribution in [3.63, 3.8) is 0 Å². The molecule has 8 heteroatoms. The smallest absolute Gasteiger partial charge is 0.358 e. The lowest BCUT2D eigenvalue weighted by Crippen LogP contribution is -2.06. The van der Waals surface area contributed by atoms with Crippen molar-refractivity contribution in [1.29, 1.82) is 0 Å². The second-order valence-electron chi connectivity index (χ2n) is 3.88. The highest BCUT2D eigenvalue weighted by Gasteiger charge is 2.21. The fraction of sp³-hybridized carbons (Fsp3) is 0.167. The van der Waals surface area contributed by atoms with Crippen LogP contribution in [-0.4, -0.2) is 21.2 Å². The van der Waals surface area contributed by atoms with E-state index >= 15 is 0 Å². The zero-order chi connectivity index (χ0) is 14.7. The second kappa shape index (κ2) is 5.39. The maximum atomic E-state index is 10.9. The molecule has 0 unspecified atom stereocenters. The minimum Gasteiger partial charge on any atom is -0.482 e. The summed E-state index contributed by atoms with van der Waals surface area (Å²) in [6.07, 6.45) is 0. The molecule has 1 N–H and O–H groups in total. The monoisotopic (exact) mass is 278 g/mol. The number of hydrogen-bond acceptors (Lipinski definition) is 6. The van der Waals surface area contributed by atoms with Gasteiger partial charge in [-0.15, -0.1) is 0 Å². The number of nitrogens with zero attached hydrogens (tertiary/aromatic N) is 2. The number of rotatable bonds is 5. The van der Waals surface area contributed by atoms with Gasteiger partial charge < -0.3 is 14.4 Å². The molecule has 8 nitrogen and oxygen atoms in total. The summed E-state index contributed by atoms with van der Waals surface area (Å²) in [6.45, 7) is 1.36. The van der Waals surface area contributed by atoms with Crippen LogP contribution in [-0.2, 0) is 6.61 Å². The lowest BCUT2D eigenvalue weighted by Gasteiger charge is -2.05. The predicted octanol–water partition coefficient (Wildman–Crippen LogP) is 2.17. The molecule has 0 aliphatic heterocycles. The van der Waals surface area contributed by atoms with Gasteiger partial charge in [0.2, 0.25) is 0 Å². The van der Waals surface area contributed by atoms with Gasteiger partial charge in [-0.05, 0) is 13.0 Å². The van der Waals surface area contributed by atoms with Gasteiger partial charge in [-0.1, -0.05) is 17.3 Å². The first-order valence-corrected chi connectivity index (χ1v) is 5.55. The molecule has 0 saturated heterocycles. The minimum absolute atomic E-state index is 0.0504. The molecule has 0 saturated carbocycles. The van der Waals surface area contributed by atoms with Gasteiger partial charge in [-0.2, -0.15) is 0 Å². The highest BCUT2D eigenvalue weighted by atomic mass is 16.6. The third-order valence-corrected chi connectivity index (χ3v) is 2.62. The van der Waals surface area contributed by atoms with Crippen molar-refractivity contribution in [1.82, 2.24) is 5.16 Å². The average molecular weight is 278 g/mol. The zero-order valence-corrected chi connectivity index (χ0v) is 10.4. The van der Waals surface area contributed by atoms with Gasteiger partial charge in [0, 0.05) is 6.07 Å². The Morgan fingerprint density at radius 1 is 1.50 bits per heavy atom. The van der Waals surface area contributed by atoms with Gasteiger partial charge >= 0.3 is 11.7 Å². The van der Waals surface area contributed by atoms with E-state index in [4.69, 9.17) is 14.4 Å². The number of aromatic nitrogens is 1. The van der Waals surface area contributed by atoms with Crippen molar-refractivity contribution >= 4 is 11.7 Å². The number of nitro groups is 1. The van der Waals surface area contributed by atoms with Crippen molar-refractivity contribution < 1.29 is 24.1 Å². The van der Waals surface area contributed by atoms with Gasteiger partial charge in [0.15, 0.2) is 11.4 Å². The molecule has 0 aliphatic carbocycles. The molecule has 0 radical (unpaired) electrons. The largest absolute Gasteiger partial charge is 0.482 e. The Kier molecular flexibility index (Phi) is 3.65. The lowest BCUT2D eigenvalue weighted by atomic mass is 10.2. The first-order chi connectivity index (χ1) is 9.50. The van der Waals surface area contributed by atoms with E-state index < -0.39 is 10.9 Å². The Morgan fingerprint density at radius 2 is 2.20 bits per heavy atom. The lowest BCUT2D eigenvalue weighted by molar-refractivity contribution is -0.385. The summed E-state index contributed by atoms with van der Waals surface area (Å²) in [5, 5.41) is 23.2. The summed E-state index contributed by atoms with van der Waals surface area (Å²) < 4.78 is 10.1. The summed E-state index contributed by atoms with van der Waals surface area (Å²) in [6, 6.07) is 5.83. The summed E-state index contributed by atoms with van der Waals surface area (Å²) in [5.41, 5.74) is -0.213. The van der Waals surface area contributed by atoms with Crippen LogP contribution in [0.25, 0.3) is 0 Å². The number of carboxylic acids is 1. The molecular formula is C12H10N2O6. The minimum atomic E-state index is -1.25. The fourth-order valence-electron chi connectivity index (χ4n) is 1.61. The van der Waals surface area contributed by atoms with Crippen molar-refractivity contribution in [2.24, 2.45) is 0 Å². The van der Waals surface area contributed by atoms with Crippen LogP contribution >= 0.6 is 0 Å². The molecule has 0 spiro atoms. The molecule has 104 valence electrons. The molecule has 0 fully saturated rings. The van der Waals surface area contributed by atoms with E-state index in [0.29, 0.717) is 5.76 Å². The molecule has 0 amide bonds. The summed E-state index contributed by atoms with van der Waals surface area (Å²) in [5.74, 6) is -0.904. The molecule has 0 bridgehead atoms. The summed E-state index contributed by atoms with van der Waals surface area (Å²) >= 11 is 0. The van der Waals surface area contributed by atoms with Crippen LogP contribution in [0.4, 0.5) is 5.69 Å². The second-order valence-corrected chi connectivity index (χ2v) is 3.88. The highest BCUT2D eigenvalue weighted by Crippen LogP contribution is 2.27. The van der Waals surface area contributed by atoms with Gasteiger partial charge in [0.05, 0.1) is 10.5 Å². The molecule has 2 aromatic rings. The number of carbonyl (C=O) groups is 1. The molecule has 2 rings (SSSR count). The number of aryl methyl sites for hydroxylation is 1. The Morgan fingerprint density at radius 3 is 2.85 bits per heavy atom. The molecule has 20 heavy (non-hydrogen) atoms. The highest BCUT2D eigenvalue weighted by molar-refractivity contribution is 5.87. The molecule has 0 aliphatic rings. The normalized spacial score (nSPS) is 10.2. The summed E-state index contributed by atoms with van der Waals surface area (Å²) in [4.78, 5) is 21.2. The van der Waals surface area contributed by atoms with Crippen LogP contribution in [0.2, 0.25) is 0 Å². The fourth-order valence-corrected chi connectivity index (χ4v) is 1.61. The number of carboxylic acid groups (broad SMARTS) is 1. The van der Waals surface area contributed by atoms with Crippen LogP contribution in [0, 0.1) is 17.0 Å². The maximum absolute atomic E-state index is 10.9. The first kappa shape index (κ1) is 13.5. The zero-order valence-electron chi connectivity index (χ0n) is 10.4. The van der Waals surface area contributed by atoms with Crippen LogP contribution in [0.15, 0.2) is 28.8 Å². The SMILES string of the molecule is Cc1onc(C(=O)O)c1COc1ccccc1[N+](=O)[O-]. The van der Waals surface area contributed by atoms with Gasteiger partial charge in [-0.3, -0.25) is 10.1 Å². The van der Waals surface area contributed by atoms with E-state index in [2.05, 4.69) is 5.16 Å². The molecule has 1 heterocycles. The van der Waals surface area contributed by atoms with E-state index in [-0.39, 0.29) is 29.3 Å². The number of ether oxygens (including phenoxy) is 1. The third kappa shape index (κ3) is 2.58. The van der Waals surface area contributed by atoms with Crippen LogP contribution in [0.3, 0.4) is 0 Å². The Balaban J connectivity index is 2.24. The summed E-state index contributed by atoms with van der Waals surface area (Å²) in [7, 11) is 0. The first-order valence-electron chi connectivity index (χ1n) is 5.55. The third-order valence-electron chi connectivity index (χ3n) is 2.62. The number of benzene rings is 1. The van der Waals surface area contributed by atoms with E-state index in [9.17, 15) is 14.9 Å². The molecule has 1 aromatic heterocycles. The Hall–Kier alpha value is -2.90.